The highest BCUT2D eigenvalue weighted by Crippen LogP contribution is 2.36. The first kappa shape index (κ1) is 19.6. The summed E-state index contributed by atoms with van der Waals surface area (Å²) in [4.78, 5) is 23.6. The highest BCUT2D eigenvalue weighted by atomic mass is 79.9. The monoisotopic (exact) mass is 446 g/mol. The normalized spacial score (nSPS) is 10.2. The Kier molecular flexibility index (Phi) is 7.11. The van der Waals surface area contributed by atoms with Gasteiger partial charge in [0.05, 0.1) is 21.7 Å². The topological polar surface area (TPSA) is 61.8 Å². The Bertz CT molecular complexity index is 771. The van der Waals surface area contributed by atoms with Gasteiger partial charge in [-0.05, 0) is 53.2 Å². The van der Waals surface area contributed by atoms with E-state index in [1.54, 1.807) is 31.2 Å². The molecule has 0 atom stereocenters. The summed E-state index contributed by atoms with van der Waals surface area (Å²) in [6.07, 6.45) is 0. The molecule has 2 rings (SSSR count). The molecule has 0 aliphatic heterocycles. The molecule has 0 radical (unpaired) electrons. The van der Waals surface area contributed by atoms with Crippen molar-refractivity contribution in [3.05, 3.63) is 56.5 Å². The minimum atomic E-state index is -0.654. The lowest BCUT2D eigenvalue weighted by molar-refractivity contribution is -0.136. The maximum atomic E-state index is 11.9. The van der Waals surface area contributed by atoms with Crippen molar-refractivity contribution in [1.82, 2.24) is 0 Å². The second kappa shape index (κ2) is 9.08. The average Bonchev–Trinajstić information content (AvgIpc) is 2.54. The van der Waals surface area contributed by atoms with E-state index >= 15 is 0 Å². The van der Waals surface area contributed by atoms with Crippen molar-refractivity contribution in [1.29, 1.82) is 0 Å². The zero-order valence-electron chi connectivity index (χ0n) is 13.1. The van der Waals surface area contributed by atoms with Gasteiger partial charge in [-0.3, -0.25) is 0 Å². The van der Waals surface area contributed by atoms with Crippen LogP contribution in [0.15, 0.2) is 40.9 Å². The molecular weight excluding hydrogens is 435 g/mol. The molecule has 0 bridgehead atoms. The maximum absolute atomic E-state index is 11.9. The largest absolute Gasteiger partial charge is 0.479 e. The highest BCUT2D eigenvalue weighted by molar-refractivity contribution is 9.10. The van der Waals surface area contributed by atoms with Crippen molar-refractivity contribution in [2.45, 2.75) is 6.92 Å². The molecule has 0 aromatic heterocycles. The zero-order valence-corrected chi connectivity index (χ0v) is 16.2. The molecule has 0 heterocycles. The van der Waals surface area contributed by atoms with E-state index in [-0.39, 0.29) is 35.3 Å². The predicted molar refractivity (Wildman–Crippen MR) is 97.7 cm³/mol. The summed E-state index contributed by atoms with van der Waals surface area (Å²) in [5.41, 5.74) is 0.288. The van der Waals surface area contributed by atoms with Gasteiger partial charge in [0.2, 0.25) is 0 Å². The molecule has 0 spiro atoms. The summed E-state index contributed by atoms with van der Waals surface area (Å²) >= 11 is 15.1. The number of benzene rings is 2. The molecule has 0 N–H and O–H groups in total. The molecule has 2 aromatic rings. The van der Waals surface area contributed by atoms with Crippen molar-refractivity contribution >= 4 is 51.1 Å². The number of ether oxygens (including phenoxy) is 3. The maximum Gasteiger partial charge on any atom is 0.349 e. The van der Waals surface area contributed by atoms with E-state index in [9.17, 15) is 9.59 Å². The summed E-state index contributed by atoms with van der Waals surface area (Å²) in [6, 6.07) is 9.21. The van der Waals surface area contributed by atoms with E-state index in [0.29, 0.717) is 9.50 Å². The number of rotatable bonds is 6. The average molecular weight is 448 g/mol. The number of esters is 2. The molecule has 5 nitrogen and oxygen atoms in total. The molecule has 132 valence electrons. The molecule has 0 aliphatic rings. The van der Waals surface area contributed by atoms with Gasteiger partial charge in [-0.1, -0.05) is 29.3 Å². The van der Waals surface area contributed by atoms with Crippen LogP contribution in [-0.2, 0) is 9.53 Å². The second-order valence-corrected chi connectivity index (χ2v) is 6.41. The zero-order chi connectivity index (χ0) is 18.4. The van der Waals surface area contributed by atoms with Crippen molar-refractivity contribution in [3.8, 4) is 11.5 Å². The van der Waals surface area contributed by atoms with Crippen LogP contribution in [0.25, 0.3) is 0 Å². The van der Waals surface area contributed by atoms with Gasteiger partial charge >= 0.3 is 11.9 Å². The smallest absolute Gasteiger partial charge is 0.349 e. The minimum absolute atomic E-state index is 0.209. The number of carbonyl (C=O) groups excluding carboxylic acids is 2. The second-order valence-electron chi connectivity index (χ2n) is 4.71. The summed E-state index contributed by atoms with van der Waals surface area (Å²) in [5.74, 6) is -0.656. The van der Waals surface area contributed by atoms with Crippen LogP contribution in [-0.4, -0.2) is 25.2 Å². The summed E-state index contributed by atoms with van der Waals surface area (Å²) in [6.45, 7) is 1.59. The summed E-state index contributed by atoms with van der Waals surface area (Å²) in [5, 5.41) is 0.694. The first-order chi connectivity index (χ1) is 11.9. The first-order valence-electron chi connectivity index (χ1n) is 7.16. The Labute approximate surface area is 162 Å². The van der Waals surface area contributed by atoms with Gasteiger partial charge in [0.15, 0.2) is 12.4 Å². The molecule has 0 aliphatic carbocycles. The van der Waals surface area contributed by atoms with Crippen LogP contribution in [0, 0.1) is 0 Å². The summed E-state index contributed by atoms with van der Waals surface area (Å²) in [7, 11) is 0. The molecule has 2 aromatic carbocycles. The fourth-order valence-electron chi connectivity index (χ4n) is 1.86. The van der Waals surface area contributed by atoms with Crippen molar-refractivity contribution < 1.29 is 23.8 Å². The van der Waals surface area contributed by atoms with E-state index in [1.165, 1.54) is 12.1 Å². The molecule has 0 fully saturated rings. The van der Waals surface area contributed by atoms with Gasteiger partial charge in [0, 0.05) is 5.02 Å². The molecule has 0 saturated heterocycles. The van der Waals surface area contributed by atoms with Crippen molar-refractivity contribution in [2.24, 2.45) is 0 Å². The first-order valence-corrected chi connectivity index (χ1v) is 8.70. The van der Waals surface area contributed by atoms with Crippen molar-refractivity contribution in [2.75, 3.05) is 13.2 Å². The van der Waals surface area contributed by atoms with Crippen LogP contribution in [0.2, 0.25) is 10.0 Å². The molecule has 8 heteroatoms. The molecule has 0 saturated carbocycles. The SMILES string of the molecule is CCOC(=O)c1cccc(OC(=O)COc2c(Cl)cc(Cl)cc2Br)c1. The van der Waals surface area contributed by atoms with E-state index in [1.807, 2.05) is 0 Å². The fraction of sp³-hybridized carbons (Fsp3) is 0.176. The van der Waals surface area contributed by atoms with Crippen LogP contribution in [0.4, 0.5) is 0 Å². The van der Waals surface area contributed by atoms with Crippen LogP contribution in [0.1, 0.15) is 17.3 Å². The number of hydrogen-bond acceptors (Lipinski definition) is 5. The van der Waals surface area contributed by atoms with E-state index in [0.717, 1.165) is 0 Å². The Balaban J connectivity index is 1.99. The summed E-state index contributed by atoms with van der Waals surface area (Å²) < 4.78 is 15.9. The third-order valence-electron chi connectivity index (χ3n) is 2.87. The van der Waals surface area contributed by atoms with E-state index < -0.39 is 11.9 Å². The van der Waals surface area contributed by atoms with Gasteiger partial charge in [-0.2, -0.15) is 0 Å². The van der Waals surface area contributed by atoms with Gasteiger partial charge < -0.3 is 14.2 Å². The standard InChI is InChI=1S/C17H13BrCl2O5/c1-2-23-17(22)10-4-3-5-12(6-10)25-15(21)9-24-16-13(18)7-11(19)8-14(16)20/h3-8H,2,9H2,1H3. The Morgan fingerprint density at radius 3 is 2.60 bits per heavy atom. The lowest BCUT2D eigenvalue weighted by Crippen LogP contribution is -2.18. The predicted octanol–water partition coefficient (Wildman–Crippen LogP) is 4.92. The fourth-order valence-corrected chi connectivity index (χ4v) is 3.23. The molecule has 25 heavy (non-hydrogen) atoms. The lowest BCUT2D eigenvalue weighted by Gasteiger charge is -2.10. The molecular formula is C17H13BrCl2O5. The van der Waals surface area contributed by atoms with Crippen LogP contribution in [0.5, 0.6) is 11.5 Å². The van der Waals surface area contributed by atoms with Gasteiger partial charge in [-0.15, -0.1) is 0 Å². The van der Waals surface area contributed by atoms with Crippen LogP contribution in [0.3, 0.4) is 0 Å². The third kappa shape index (κ3) is 5.63. The lowest BCUT2D eigenvalue weighted by atomic mass is 10.2. The van der Waals surface area contributed by atoms with E-state index in [2.05, 4.69) is 15.9 Å². The number of carbonyl (C=O) groups is 2. The minimum Gasteiger partial charge on any atom is -0.479 e. The molecule has 0 unspecified atom stereocenters. The van der Waals surface area contributed by atoms with Gasteiger partial charge in [0.1, 0.15) is 5.75 Å². The highest BCUT2D eigenvalue weighted by Gasteiger charge is 2.13. The Hall–Kier alpha value is -1.76. The van der Waals surface area contributed by atoms with E-state index in [4.69, 9.17) is 37.4 Å². The quantitative estimate of drug-likeness (QED) is 0.464. The van der Waals surface area contributed by atoms with Crippen molar-refractivity contribution in [3.63, 3.8) is 0 Å². The Morgan fingerprint density at radius 1 is 1.16 bits per heavy atom. The number of halogens is 3. The van der Waals surface area contributed by atoms with Gasteiger partial charge in [-0.25, -0.2) is 9.59 Å². The molecule has 0 amide bonds. The van der Waals surface area contributed by atoms with Crippen LogP contribution >= 0.6 is 39.1 Å². The number of hydrogen-bond donors (Lipinski definition) is 0. The third-order valence-corrected chi connectivity index (χ3v) is 3.96. The van der Waals surface area contributed by atoms with Crippen LogP contribution < -0.4 is 9.47 Å². The van der Waals surface area contributed by atoms with Gasteiger partial charge in [0.25, 0.3) is 0 Å². The Morgan fingerprint density at radius 2 is 1.92 bits per heavy atom.